The minimum Gasteiger partial charge on any atom is -0.467 e. The number of pyridine rings is 1. The molecule has 0 atom stereocenters. The molecule has 0 saturated heterocycles. The number of rotatable bonds is 4. The van der Waals surface area contributed by atoms with Crippen molar-refractivity contribution in [3.8, 4) is 0 Å². The highest BCUT2D eigenvalue weighted by molar-refractivity contribution is 5.94. The zero-order chi connectivity index (χ0) is 17.1. The van der Waals surface area contributed by atoms with Crippen LogP contribution < -0.4 is 10.2 Å². The Morgan fingerprint density at radius 1 is 1.16 bits per heavy atom. The SMILES string of the molecule is O=C(NCc1ccco1)c1cncc(N2CCc3ccccc3C2)c1. The van der Waals surface area contributed by atoms with E-state index in [9.17, 15) is 4.79 Å². The topological polar surface area (TPSA) is 58.4 Å². The molecule has 1 N–H and O–H groups in total. The monoisotopic (exact) mass is 333 g/mol. The van der Waals surface area contributed by atoms with E-state index >= 15 is 0 Å². The first-order valence-corrected chi connectivity index (χ1v) is 8.37. The van der Waals surface area contributed by atoms with Crippen LogP contribution in [0, 0.1) is 0 Å². The van der Waals surface area contributed by atoms with E-state index in [-0.39, 0.29) is 5.91 Å². The molecule has 1 aliphatic rings. The molecule has 1 amide bonds. The lowest BCUT2D eigenvalue weighted by atomic mass is 9.99. The van der Waals surface area contributed by atoms with Gasteiger partial charge in [0.15, 0.2) is 0 Å². The van der Waals surface area contributed by atoms with Gasteiger partial charge in [-0.25, -0.2) is 0 Å². The van der Waals surface area contributed by atoms with E-state index in [1.807, 2.05) is 18.3 Å². The van der Waals surface area contributed by atoms with Gasteiger partial charge in [0.1, 0.15) is 5.76 Å². The first-order chi connectivity index (χ1) is 12.3. The van der Waals surface area contributed by atoms with Crippen LogP contribution in [-0.2, 0) is 19.5 Å². The summed E-state index contributed by atoms with van der Waals surface area (Å²) >= 11 is 0. The summed E-state index contributed by atoms with van der Waals surface area (Å²) in [5, 5.41) is 2.86. The zero-order valence-corrected chi connectivity index (χ0v) is 13.8. The number of nitrogens with one attached hydrogen (secondary N) is 1. The molecule has 0 radical (unpaired) electrons. The van der Waals surface area contributed by atoms with Gasteiger partial charge in [-0.15, -0.1) is 0 Å². The lowest BCUT2D eigenvalue weighted by molar-refractivity contribution is 0.0947. The molecule has 5 heteroatoms. The van der Waals surface area contributed by atoms with E-state index in [1.165, 1.54) is 11.1 Å². The molecule has 3 heterocycles. The van der Waals surface area contributed by atoms with Crippen molar-refractivity contribution in [2.75, 3.05) is 11.4 Å². The van der Waals surface area contributed by atoms with Gasteiger partial charge >= 0.3 is 0 Å². The Labute approximate surface area is 146 Å². The Kier molecular flexibility index (Phi) is 4.21. The third-order valence-electron chi connectivity index (χ3n) is 4.49. The van der Waals surface area contributed by atoms with Gasteiger partial charge in [0, 0.05) is 19.3 Å². The molecule has 0 saturated carbocycles. The Bertz CT molecular complexity index is 874. The van der Waals surface area contributed by atoms with Crippen LogP contribution in [-0.4, -0.2) is 17.4 Å². The van der Waals surface area contributed by atoms with Gasteiger partial charge in [-0.3, -0.25) is 9.78 Å². The number of aromatic nitrogens is 1. The van der Waals surface area contributed by atoms with Crippen LogP contribution in [0.2, 0.25) is 0 Å². The number of furan rings is 1. The lowest BCUT2D eigenvalue weighted by Gasteiger charge is -2.30. The Morgan fingerprint density at radius 3 is 2.88 bits per heavy atom. The summed E-state index contributed by atoms with van der Waals surface area (Å²) in [5.41, 5.74) is 4.27. The van der Waals surface area contributed by atoms with Crippen molar-refractivity contribution in [1.82, 2.24) is 10.3 Å². The maximum Gasteiger partial charge on any atom is 0.253 e. The minimum atomic E-state index is -0.150. The molecule has 25 heavy (non-hydrogen) atoms. The average Bonchev–Trinajstić information content (AvgIpc) is 3.19. The van der Waals surface area contributed by atoms with Gasteiger partial charge in [-0.2, -0.15) is 0 Å². The molecule has 1 aromatic carbocycles. The van der Waals surface area contributed by atoms with Crippen molar-refractivity contribution in [2.45, 2.75) is 19.5 Å². The van der Waals surface area contributed by atoms with Crippen LogP contribution in [0.25, 0.3) is 0 Å². The second kappa shape index (κ2) is 6.81. The lowest BCUT2D eigenvalue weighted by Crippen LogP contribution is -2.31. The van der Waals surface area contributed by atoms with Crippen molar-refractivity contribution in [3.05, 3.63) is 83.6 Å². The molecular weight excluding hydrogens is 314 g/mol. The van der Waals surface area contributed by atoms with Gasteiger partial charge in [0.05, 0.1) is 30.3 Å². The highest BCUT2D eigenvalue weighted by atomic mass is 16.3. The highest BCUT2D eigenvalue weighted by Gasteiger charge is 2.17. The maximum atomic E-state index is 12.4. The van der Waals surface area contributed by atoms with Crippen molar-refractivity contribution in [3.63, 3.8) is 0 Å². The number of benzene rings is 1. The Balaban J connectivity index is 1.47. The van der Waals surface area contributed by atoms with Crippen molar-refractivity contribution in [1.29, 1.82) is 0 Å². The largest absolute Gasteiger partial charge is 0.467 e. The van der Waals surface area contributed by atoms with Crippen LogP contribution in [0.4, 0.5) is 5.69 Å². The first kappa shape index (κ1) is 15.4. The van der Waals surface area contributed by atoms with E-state index in [0.29, 0.717) is 12.1 Å². The van der Waals surface area contributed by atoms with Crippen molar-refractivity contribution < 1.29 is 9.21 Å². The summed E-state index contributed by atoms with van der Waals surface area (Å²) in [5.74, 6) is 0.577. The normalized spacial score (nSPS) is 13.4. The van der Waals surface area contributed by atoms with E-state index in [1.54, 1.807) is 18.5 Å². The zero-order valence-electron chi connectivity index (χ0n) is 13.8. The number of carbonyl (C=O) groups excluding carboxylic acids is 1. The maximum absolute atomic E-state index is 12.4. The van der Waals surface area contributed by atoms with E-state index in [2.05, 4.69) is 39.5 Å². The Hall–Kier alpha value is -3.08. The van der Waals surface area contributed by atoms with E-state index < -0.39 is 0 Å². The minimum absolute atomic E-state index is 0.150. The molecule has 0 spiro atoms. The fourth-order valence-electron chi connectivity index (χ4n) is 3.12. The molecule has 126 valence electrons. The van der Waals surface area contributed by atoms with Crippen LogP contribution in [0.3, 0.4) is 0 Å². The van der Waals surface area contributed by atoms with Gasteiger partial charge in [-0.05, 0) is 35.7 Å². The third-order valence-corrected chi connectivity index (χ3v) is 4.49. The van der Waals surface area contributed by atoms with Gasteiger partial charge in [0.25, 0.3) is 5.91 Å². The number of hydrogen-bond donors (Lipinski definition) is 1. The molecule has 2 aromatic heterocycles. The number of fused-ring (bicyclic) bond motifs is 1. The van der Waals surface area contributed by atoms with Crippen LogP contribution in [0.1, 0.15) is 27.2 Å². The molecular formula is C20H19N3O2. The molecule has 0 fully saturated rings. The number of hydrogen-bond acceptors (Lipinski definition) is 4. The molecule has 4 rings (SSSR count). The van der Waals surface area contributed by atoms with Crippen LogP contribution in [0.5, 0.6) is 0 Å². The molecule has 1 aliphatic heterocycles. The smallest absolute Gasteiger partial charge is 0.253 e. The van der Waals surface area contributed by atoms with Crippen LogP contribution >= 0.6 is 0 Å². The number of amides is 1. The standard InChI is InChI=1S/C20H19N3O2/c24-20(22-13-19-6-3-9-25-19)17-10-18(12-21-11-17)23-8-7-15-4-1-2-5-16(15)14-23/h1-6,9-12H,7-8,13-14H2,(H,22,24). The summed E-state index contributed by atoms with van der Waals surface area (Å²) in [4.78, 5) is 18.9. The number of nitrogens with zero attached hydrogens (tertiary/aromatic N) is 2. The molecule has 0 unspecified atom stereocenters. The van der Waals surface area contributed by atoms with Crippen LogP contribution in [0.15, 0.2) is 65.5 Å². The highest BCUT2D eigenvalue weighted by Crippen LogP contribution is 2.24. The van der Waals surface area contributed by atoms with E-state index in [4.69, 9.17) is 4.42 Å². The summed E-state index contributed by atoms with van der Waals surface area (Å²) < 4.78 is 5.23. The summed E-state index contributed by atoms with van der Waals surface area (Å²) in [7, 11) is 0. The van der Waals surface area contributed by atoms with Crippen molar-refractivity contribution in [2.24, 2.45) is 0 Å². The number of anilines is 1. The predicted molar refractivity (Wildman–Crippen MR) is 95.3 cm³/mol. The summed E-state index contributed by atoms with van der Waals surface area (Å²) in [6, 6.07) is 14.0. The summed E-state index contributed by atoms with van der Waals surface area (Å²) in [6.45, 7) is 2.14. The quantitative estimate of drug-likeness (QED) is 0.797. The molecule has 0 aliphatic carbocycles. The molecule has 5 nitrogen and oxygen atoms in total. The molecule has 3 aromatic rings. The summed E-state index contributed by atoms with van der Waals surface area (Å²) in [6.07, 6.45) is 6.01. The van der Waals surface area contributed by atoms with E-state index in [0.717, 1.165) is 31.0 Å². The number of carbonyl (C=O) groups is 1. The fourth-order valence-corrected chi connectivity index (χ4v) is 3.12. The predicted octanol–water partition coefficient (Wildman–Crippen LogP) is 3.17. The Morgan fingerprint density at radius 2 is 2.04 bits per heavy atom. The van der Waals surface area contributed by atoms with Gasteiger partial charge < -0.3 is 14.6 Å². The van der Waals surface area contributed by atoms with Gasteiger partial charge in [-0.1, -0.05) is 24.3 Å². The second-order valence-electron chi connectivity index (χ2n) is 6.13. The third kappa shape index (κ3) is 3.40. The second-order valence-corrected chi connectivity index (χ2v) is 6.13. The first-order valence-electron chi connectivity index (χ1n) is 8.37. The fraction of sp³-hybridized carbons (Fsp3) is 0.200. The van der Waals surface area contributed by atoms with Gasteiger partial charge in [0.2, 0.25) is 0 Å². The average molecular weight is 333 g/mol. The van der Waals surface area contributed by atoms with Crippen molar-refractivity contribution >= 4 is 11.6 Å². The molecule has 0 bridgehead atoms.